The number of nitrogens with two attached hydrogens (primary N) is 1. The fourth-order valence-corrected chi connectivity index (χ4v) is 2.09. The maximum Gasteiger partial charge on any atom is 0.327 e. The Bertz CT molecular complexity index is 593. The molecule has 2 aromatic rings. The van der Waals surface area contributed by atoms with Crippen molar-refractivity contribution in [3.63, 3.8) is 0 Å². The summed E-state index contributed by atoms with van der Waals surface area (Å²) in [6.07, 6.45) is 7.81. The predicted octanol–water partition coefficient (Wildman–Crippen LogP) is 2.58. The second kappa shape index (κ2) is 6.70. The number of aromatic amines is 1. The number of aromatic nitrogens is 3. The second-order valence-electron chi connectivity index (χ2n) is 5.09. The van der Waals surface area contributed by atoms with Crippen LogP contribution in [-0.2, 0) is 0 Å². The summed E-state index contributed by atoms with van der Waals surface area (Å²) >= 11 is 0. The number of nitrogens with zero attached hydrogens (tertiary/aromatic N) is 2. The zero-order chi connectivity index (χ0) is 14.5. The second-order valence-corrected chi connectivity index (χ2v) is 5.09. The monoisotopic (exact) mass is 276 g/mol. The van der Waals surface area contributed by atoms with Gasteiger partial charge in [0, 0.05) is 18.3 Å². The molecule has 4 rings (SSSR count). The van der Waals surface area contributed by atoms with E-state index in [1.807, 2.05) is 30.5 Å². The molecule has 0 radical (unpaired) electrons. The molecule has 20 heavy (non-hydrogen) atoms. The summed E-state index contributed by atoms with van der Waals surface area (Å²) in [6, 6.07) is 4.76. The number of pyridine rings is 1. The van der Waals surface area contributed by atoms with E-state index in [4.69, 9.17) is 5.73 Å². The Morgan fingerprint density at radius 3 is 2.45 bits per heavy atom. The summed E-state index contributed by atoms with van der Waals surface area (Å²) in [7, 11) is 0. The van der Waals surface area contributed by atoms with E-state index < -0.39 is 0 Å². The van der Waals surface area contributed by atoms with Crippen LogP contribution in [0.15, 0.2) is 23.1 Å². The highest BCUT2D eigenvalue weighted by Gasteiger charge is 2.27. The minimum Gasteiger partial charge on any atom is -0.328 e. The van der Waals surface area contributed by atoms with Gasteiger partial charge in [-0.05, 0) is 37.8 Å². The summed E-state index contributed by atoms with van der Waals surface area (Å²) in [5.74, 6) is 0. The third kappa shape index (κ3) is 3.28. The van der Waals surface area contributed by atoms with Gasteiger partial charge >= 0.3 is 5.69 Å². The van der Waals surface area contributed by atoms with Gasteiger partial charge in [0.15, 0.2) is 5.65 Å². The van der Waals surface area contributed by atoms with Crippen LogP contribution in [0.25, 0.3) is 11.2 Å². The molecule has 0 atom stereocenters. The van der Waals surface area contributed by atoms with E-state index in [1.165, 1.54) is 19.3 Å². The van der Waals surface area contributed by atoms with E-state index in [1.54, 1.807) is 6.20 Å². The van der Waals surface area contributed by atoms with Gasteiger partial charge < -0.3 is 5.73 Å². The molecule has 0 saturated heterocycles. The Morgan fingerprint density at radius 2 is 1.95 bits per heavy atom. The third-order valence-electron chi connectivity index (χ3n) is 3.55. The van der Waals surface area contributed by atoms with Gasteiger partial charge in [-0.2, -0.15) is 0 Å². The Kier molecular flexibility index (Phi) is 4.95. The lowest BCUT2D eigenvalue weighted by Crippen LogP contribution is -2.27. The van der Waals surface area contributed by atoms with Crippen molar-refractivity contribution >= 4 is 11.2 Å². The fraction of sp³-hybridized carbons (Fsp3) is 0.600. The summed E-state index contributed by atoms with van der Waals surface area (Å²) in [5.41, 5.74) is 6.97. The van der Waals surface area contributed by atoms with Crippen molar-refractivity contribution < 1.29 is 0 Å². The Labute approximate surface area is 119 Å². The first-order chi connectivity index (χ1) is 9.75. The molecule has 5 nitrogen and oxygen atoms in total. The van der Waals surface area contributed by atoms with Crippen LogP contribution >= 0.6 is 0 Å². The van der Waals surface area contributed by atoms with E-state index >= 15 is 0 Å². The Balaban J connectivity index is 0.000000177. The van der Waals surface area contributed by atoms with Crippen molar-refractivity contribution in [2.24, 2.45) is 5.73 Å². The predicted molar refractivity (Wildman–Crippen MR) is 81.8 cm³/mol. The summed E-state index contributed by atoms with van der Waals surface area (Å²) in [6.45, 7) is 4.00. The highest BCUT2D eigenvalue weighted by Crippen LogP contribution is 2.35. The Hall–Kier alpha value is -1.62. The van der Waals surface area contributed by atoms with E-state index in [9.17, 15) is 4.79 Å². The van der Waals surface area contributed by atoms with Gasteiger partial charge in [-0.3, -0.25) is 9.55 Å². The average Bonchev–Trinajstić information content (AvgIpc) is 3.22. The van der Waals surface area contributed by atoms with Crippen molar-refractivity contribution in [1.82, 2.24) is 14.5 Å². The molecule has 2 heterocycles. The van der Waals surface area contributed by atoms with Crippen LogP contribution in [0.2, 0.25) is 0 Å². The molecule has 0 aliphatic heterocycles. The summed E-state index contributed by atoms with van der Waals surface area (Å²) in [4.78, 5) is 18.3. The van der Waals surface area contributed by atoms with Crippen LogP contribution in [0.3, 0.4) is 0 Å². The lowest BCUT2D eigenvalue weighted by Gasteiger charge is -2.18. The minimum atomic E-state index is -0.0313. The molecule has 2 saturated carbocycles. The van der Waals surface area contributed by atoms with Gasteiger partial charge in [0.25, 0.3) is 0 Å². The molecule has 0 spiro atoms. The third-order valence-corrected chi connectivity index (χ3v) is 3.55. The lowest BCUT2D eigenvalue weighted by molar-refractivity contribution is 0.418. The highest BCUT2D eigenvalue weighted by atomic mass is 16.1. The molecule has 0 aromatic carbocycles. The summed E-state index contributed by atoms with van der Waals surface area (Å²) < 4.78 is 1.81. The van der Waals surface area contributed by atoms with Crippen molar-refractivity contribution in [3.05, 3.63) is 28.8 Å². The van der Waals surface area contributed by atoms with Crippen LogP contribution in [0.4, 0.5) is 0 Å². The van der Waals surface area contributed by atoms with Gasteiger partial charge in [0.2, 0.25) is 0 Å². The smallest absolute Gasteiger partial charge is 0.327 e. The highest BCUT2D eigenvalue weighted by molar-refractivity contribution is 5.70. The zero-order valence-corrected chi connectivity index (χ0v) is 12.3. The normalized spacial score (nSPS) is 17.6. The molecule has 110 valence electrons. The number of nitrogens with one attached hydrogen (secondary N) is 1. The molecule has 0 unspecified atom stereocenters. The van der Waals surface area contributed by atoms with Crippen LogP contribution in [-0.4, -0.2) is 20.6 Å². The number of rotatable bonds is 1. The Morgan fingerprint density at radius 1 is 1.30 bits per heavy atom. The molecular formula is C15H24N4O. The van der Waals surface area contributed by atoms with Crippen molar-refractivity contribution in [2.45, 2.75) is 58.0 Å². The van der Waals surface area contributed by atoms with E-state index in [-0.39, 0.29) is 5.69 Å². The lowest BCUT2D eigenvalue weighted by atomic mass is 9.95. The van der Waals surface area contributed by atoms with Crippen molar-refractivity contribution in [2.75, 3.05) is 0 Å². The van der Waals surface area contributed by atoms with Crippen molar-refractivity contribution in [1.29, 1.82) is 0 Å². The SMILES string of the molecule is CC.NC1CCC1.O=c1[nH]c2ncccc2n1C1CC1. The van der Waals surface area contributed by atoms with Gasteiger partial charge in [-0.25, -0.2) is 9.78 Å². The fourth-order valence-electron chi connectivity index (χ4n) is 2.09. The number of H-pyrrole nitrogens is 1. The molecule has 2 aromatic heterocycles. The molecule has 5 heteroatoms. The number of hydrogen-bond donors (Lipinski definition) is 2. The average molecular weight is 276 g/mol. The van der Waals surface area contributed by atoms with Gasteiger partial charge in [0.05, 0.1) is 5.52 Å². The molecule has 2 aliphatic carbocycles. The van der Waals surface area contributed by atoms with E-state index in [0.29, 0.717) is 17.7 Å². The first-order valence-corrected chi connectivity index (χ1v) is 7.56. The quantitative estimate of drug-likeness (QED) is 0.840. The minimum absolute atomic E-state index is 0.0313. The standard InChI is InChI=1S/C9H9N3O.C4H9N.C2H6/c13-9-11-8-7(2-1-5-10-8)12(9)6-3-4-6;5-4-2-1-3-4;1-2/h1-2,5-6H,3-4H2,(H,10,11,13);4H,1-3,5H2;1-2H3. The molecule has 3 N–H and O–H groups in total. The molecule has 2 aliphatic rings. The van der Waals surface area contributed by atoms with Crippen LogP contribution in [0.1, 0.15) is 52.0 Å². The van der Waals surface area contributed by atoms with Crippen LogP contribution in [0, 0.1) is 0 Å². The molecule has 0 amide bonds. The van der Waals surface area contributed by atoms with Crippen LogP contribution < -0.4 is 11.4 Å². The van der Waals surface area contributed by atoms with Gasteiger partial charge in [0.1, 0.15) is 0 Å². The number of imidazole rings is 1. The summed E-state index contributed by atoms with van der Waals surface area (Å²) in [5, 5.41) is 0. The maximum absolute atomic E-state index is 11.5. The zero-order valence-electron chi connectivity index (χ0n) is 12.3. The number of hydrogen-bond acceptors (Lipinski definition) is 3. The first kappa shape index (κ1) is 14.8. The van der Waals surface area contributed by atoms with Gasteiger partial charge in [-0.1, -0.05) is 20.3 Å². The molecule has 2 fully saturated rings. The first-order valence-electron chi connectivity index (χ1n) is 7.56. The maximum atomic E-state index is 11.5. The van der Waals surface area contributed by atoms with Gasteiger partial charge in [-0.15, -0.1) is 0 Å². The molecular weight excluding hydrogens is 252 g/mol. The van der Waals surface area contributed by atoms with E-state index in [0.717, 1.165) is 18.4 Å². The van der Waals surface area contributed by atoms with E-state index in [2.05, 4.69) is 9.97 Å². The van der Waals surface area contributed by atoms with Crippen LogP contribution in [0.5, 0.6) is 0 Å². The number of fused-ring (bicyclic) bond motifs is 1. The topological polar surface area (TPSA) is 76.7 Å². The largest absolute Gasteiger partial charge is 0.328 e. The van der Waals surface area contributed by atoms with Crippen molar-refractivity contribution in [3.8, 4) is 0 Å². The molecule has 0 bridgehead atoms.